The van der Waals surface area contributed by atoms with E-state index in [9.17, 15) is 9.59 Å². The van der Waals surface area contributed by atoms with Crippen molar-refractivity contribution in [3.8, 4) is 0 Å². The van der Waals surface area contributed by atoms with Gasteiger partial charge in [0, 0.05) is 26.6 Å². The summed E-state index contributed by atoms with van der Waals surface area (Å²) in [6, 6.07) is 0. The van der Waals surface area contributed by atoms with Crippen LogP contribution in [0.4, 0.5) is 0 Å². The average Bonchev–Trinajstić information content (AvgIpc) is 2.13. The summed E-state index contributed by atoms with van der Waals surface area (Å²) in [4.78, 5) is 21.8. The minimum absolute atomic E-state index is 0.205. The number of likely N-dealkylation sites (N-methyl/N-ethyl adjacent to an activating group) is 1. The van der Waals surface area contributed by atoms with E-state index in [1.807, 2.05) is 6.92 Å². The summed E-state index contributed by atoms with van der Waals surface area (Å²) in [5.41, 5.74) is 0. The maximum atomic E-state index is 11.0. The maximum Gasteiger partial charge on any atom is 0.247 e. The first-order valence-electron chi connectivity index (χ1n) is 4.55. The quantitative estimate of drug-likeness (QED) is 0.533. The van der Waals surface area contributed by atoms with E-state index in [1.54, 1.807) is 0 Å². The minimum atomic E-state index is -0.252. The Balaban J connectivity index is 4.29. The molecule has 0 fully saturated rings. The lowest BCUT2D eigenvalue weighted by Gasteiger charge is -2.09. The zero-order chi connectivity index (χ0) is 11.0. The molecule has 0 aliphatic heterocycles. The van der Waals surface area contributed by atoms with E-state index in [0.29, 0.717) is 12.4 Å². The molecule has 5 nitrogen and oxygen atoms in total. The van der Waals surface area contributed by atoms with E-state index >= 15 is 0 Å². The van der Waals surface area contributed by atoms with E-state index in [4.69, 9.17) is 0 Å². The number of hydrogen-bond acceptors (Lipinski definition) is 3. The molecule has 0 unspecified atom stereocenters. The Morgan fingerprint density at radius 3 is 2.43 bits per heavy atom. The highest BCUT2D eigenvalue weighted by Gasteiger charge is 2.00. The predicted octanol–water partition coefficient (Wildman–Crippen LogP) is -0.290. The minimum Gasteiger partial charge on any atom is -0.371 e. The Hall–Kier alpha value is -1.52. The molecule has 5 heteroatoms. The lowest BCUT2D eigenvalue weighted by atomic mass is 10.4. The smallest absolute Gasteiger partial charge is 0.247 e. The van der Waals surface area contributed by atoms with Crippen LogP contribution in [0.15, 0.2) is 11.9 Å². The second-order valence-electron chi connectivity index (χ2n) is 2.78. The van der Waals surface area contributed by atoms with Gasteiger partial charge < -0.3 is 16.0 Å². The number of nitrogens with one attached hydrogen (secondary N) is 3. The molecule has 0 aromatic carbocycles. The zero-order valence-corrected chi connectivity index (χ0v) is 8.81. The topological polar surface area (TPSA) is 70.2 Å². The van der Waals surface area contributed by atoms with Gasteiger partial charge >= 0.3 is 0 Å². The van der Waals surface area contributed by atoms with Gasteiger partial charge in [0.2, 0.25) is 11.8 Å². The fourth-order valence-electron chi connectivity index (χ4n) is 0.784. The predicted molar refractivity (Wildman–Crippen MR) is 54.3 cm³/mol. The molecule has 0 bridgehead atoms. The van der Waals surface area contributed by atoms with Crippen molar-refractivity contribution in [3.05, 3.63) is 11.9 Å². The van der Waals surface area contributed by atoms with Crippen LogP contribution in [-0.2, 0) is 9.59 Å². The molecular weight excluding hydrogens is 182 g/mol. The van der Waals surface area contributed by atoms with E-state index in [0.717, 1.165) is 6.42 Å². The zero-order valence-electron chi connectivity index (χ0n) is 8.81. The number of carbonyl (C=O) groups is 2. The third kappa shape index (κ3) is 6.05. The van der Waals surface area contributed by atoms with Crippen LogP contribution >= 0.6 is 0 Å². The van der Waals surface area contributed by atoms with E-state index in [2.05, 4.69) is 16.0 Å². The van der Waals surface area contributed by atoms with Gasteiger partial charge in [0.1, 0.15) is 5.82 Å². The second-order valence-corrected chi connectivity index (χ2v) is 2.78. The van der Waals surface area contributed by atoms with E-state index < -0.39 is 0 Å². The molecule has 0 rings (SSSR count). The second kappa shape index (κ2) is 6.94. The van der Waals surface area contributed by atoms with Crippen molar-refractivity contribution in [2.24, 2.45) is 0 Å². The molecule has 2 amide bonds. The van der Waals surface area contributed by atoms with Gasteiger partial charge in [0.15, 0.2) is 0 Å². The van der Waals surface area contributed by atoms with E-state index in [-0.39, 0.29) is 11.8 Å². The molecule has 80 valence electrons. The molecule has 0 radical (unpaired) electrons. The molecule has 0 aromatic heterocycles. The standard InChI is InChI=1S/C9H17N3O2/c1-4-5-11-8(12-7(2)13)6-9(14)10-3/h6,11H,4-5H2,1-3H3,(H,10,14)(H,12,13)/b8-6-. The summed E-state index contributed by atoms with van der Waals surface area (Å²) in [7, 11) is 1.53. The molecule has 0 aromatic rings. The molecule has 0 saturated heterocycles. The largest absolute Gasteiger partial charge is 0.371 e. The molecule has 0 saturated carbocycles. The summed E-state index contributed by atoms with van der Waals surface area (Å²) in [6.07, 6.45) is 2.24. The van der Waals surface area contributed by atoms with Crippen molar-refractivity contribution >= 4 is 11.8 Å². The van der Waals surface area contributed by atoms with Gasteiger partial charge in [-0.25, -0.2) is 0 Å². The van der Waals surface area contributed by atoms with Crippen molar-refractivity contribution in [2.75, 3.05) is 13.6 Å². The third-order valence-corrected chi connectivity index (χ3v) is 1.40. The number of hydrogen-bond donors (Lipinski definition) is 3. The monoisotopic (exact) mass is 199 g/mol. The van der Waals surface area contributed by atoms with Crippen LogP contribution in [-0.4, -0.2) is 25.4 Å². The van der Waals surface area contributed by atoms with Crippen molar-refractivity contribution in [1.29, 1.82) is 0 Å². The maximum absolute atomic E-state index is 11.0. The summed E-state index contributed by atoms with van der Waals surface area (Å²) >= 11 is 0. The number of carbonyl (C=O) groups excluding carboxylic acids is 2. The first-order valence-corrected chi connectivity index (χ1v) is 4.55. The van der Waals surface area contributed by atoms with Gasteiger partial charge in [-0.3, -0.25) is 9.59 Å². The van der Waals surface area contributed by atoms with E-state index in [1.165, 1.54) is 20.0 Å². The van der Waals surface area contributed by atoms with Crippen LogP contribution in [0.5, 0.6) is 0 Å². The highest BCUT2D eigenvalue weighted by Crippen LogP contribution is 1.85. The summed E-state index contributed by atoms with van der Waals surface area (Å²) in [5, 5.41) is 7.90. The van der Waals surface area contributed by atoms with Crippen molar-refractivity contribution < 1.29 is 9.59 Å². The SMILES string of the molecule is CCCN/C(=C/C(=O)NC)NC(C)=O. The molecule has 14 heavy (non-hydrogen) atoms. The van der Waals surface area contributed by atoms with Gasteiger partial charge in [-0.2, -0.15) is 0 Å². The van der Waals surface area contributed by atoms with Crippen LogP contribution in [0, 0.1) is 0 Å². The van der Waals surface area contributed by atoms with Crippen molar-refractivity contribution in [1.82, 2.24) is 16.0 Å². The van der Waals surface area contributed by atoms with Crippen molar-refractivity contribution in [2.45, 2.75) is 20.3 Å². The van der Waals surface area contributed by atoms with Crippen LogP contribution < -0.4 is 16.0 Å². The Morgan fingerprint density at radius 2 is 2.00 bits per heavy atom. The van der Waals surface area contributed by atoms with Gasteiger partial charge in [0.05, 0.1) is 0 Å². The Bertz CT molecular complexity index is 236. The van der Waals surface area contributed by atoms with Crippen molar-refractivity contribution in [3.63, 3.8) is 0 Å². The Kier molecular flexibility index (Phi) is 6.19. The fourth-order valence-corrected chi connectivity index (χ4v) is 0.784. The molecule has 0 spiro atoms. The van der Waals surface area contributed by atoms with Gasteiger partial charge in [-0.1, -0.05) is 6.92 Å². The normalized spacial score (nSPS) is 10.6. The number of rotatable bonds is 5. The number of amides is 2. The molecule has 0 aliphatic rings. The Labute approximate surface area is 83.9 Å². The molecular formula is C9H17N3O2. The molecule has 0 atom stereocenters. The lowest BCUT2D eigenvalue weighted by molar-refractivity contribution is -0.118. The third-order valence-electron chi connectivity index (χ3n) is 1.40. The molecule has 0 heterocycles. The summed E-state index contributed by atoms with van der Waals surface area (Å²) in [5.74, 6) is -0.0280. The Morgan fingerprint density at radius 1 is 1.36 bits per heavy atom. The van der Waals surface area contributed by atoms with Gasteiger partial charge in [0.25, 0.3) is 0 Å². The van der Waals surface area contributed by atoms with Crippen LogP contribution in [0.2, 0.25) is 0 Å². The molecule has 3 N–H and O–H groups in total. The molecule has 0 aliphatic carbocycles. The van der Waals surface area contributed by atoms with Crippen LogP contribution in [0.25, 0.3) is 0 Å². The van der Waals surface area contributed by atoms with Crippen LogP contribution in [0.3, 0.4) is 0 Å². The first kappa shape index (κ1) is 12.5. The fraction of sp³-hybridized carbons (Fsp3) is 0.556. The van der Waals surface area contributed by atoms with Gasteiger partial charge in [-0.05, 0) is 6.42 Å². The van der Waals surface area contributed by atoms with Crippen LogP contribution in [0.1, 0.15) is 20.3 Å². The highest BCUT2D eigenvalue weighted by molar-refractivity contribution is 5.88. The summed E-state index contributed by atoms with van der Waals surface area (Å²) in [6.45, 7) is 4.10. The van der Waals surface area contributed by atoms with Gasteiger partial charge in [-0.15, -0.1) is 0 Å². The average molecular weight is 199 g/mol. The lowest BCUT2D eigenvalue weighted by Crippen LogP contribution is -2.32. The highest BCUT2D eigenvalue weighted by atomic mass is 16.2. The summed E-state index contributed by atoms with van der Waals surface area (Å²) < 4.78 is 0. The first-order chi connectivity index (χ1) is 6.60.